The second-order valence-corrected chi connectivity index (χ2v) is 13.2. The van der Waals surface area contributed by atoms with Crippen LogP contribution in [0.5, 0.6) is 5.75 Å². The Kier molecular flexibility index (Phi) is 8.10. The summed E-state index contributed by atoms with van der Waals surface area (Å²) in [5.74, 6) is -1.08. The number of aromatic nitrogens is 1. The maximum atomic E-state index is 14.4. The van der Waals surface area contributed by atoms with Crippen LogP contribution < -0.4 is 20.7 Å². The molecule has 2 aliphatic heterocycles. The Balaban J connectivity index is 1.30. The zero-order chi connectivity index (χ0) is 29.5. The maximum Gasteiger partial charge on any atom is 0.258 e. The molecule has 3 fully saturated rings. The molecule has 3 atom stereocenters. The Morgan fingerprint density at radius 1 is 1.29 bits per heavy atom. The predicted molar refractivity (Wildman–Crippen MR) is 152 cm³/mol. The second-order valence-electron chi connectivity index (χ2n) is 12.3. The van der Waals surface area contributed by atoms with Crippen molar-refractivity contribution in [2.75, 3.05) is 19.6 Å². The lowest BCUT2D eigenvalue weighted by Gasteiger charge is -2.35. The van der Waals surface area contributed by atoms with Gasteiger partial charge in [0.2, 0.25) is 11.8 Å². The van der Waals surface area contributed by atoms with E-state index in [1.165, 1.54) is 4.90 Å². The van der Waals surface area contributed by atoms with Crippen LogP contribution in [0.3, 0.4) is 0 Å². The van der Waals surface area contributed by atoms with Crippen molar-refractivity contribution in [1.29, 1.82) is 0 Å². The number of amides is 3. The summed E-state index contributed by atoms with van der Waals surface area (Å²) in [6.45, 7) is 8.85. The first-order valence-corrected chi connectivity index (χ1v) is 14.9. The molecule has 0 bridgehead atoms. The normalized spacial score (nSPS) is 22.5. The molecule has 0 spiro atoms. The molecule has 222 valence electrons. The van der Waals surface area contributed by atoms with Crippen molar-refractivity contribution in [2.24, 2.45) is 5.41 Å². The summed E-state index contributed by atoms with van der Waals surface area (Å²) in [6.07, 6.45) is -0.537. The van der Waals surface area contributed by atoms with Crippen LogP contribution in [0.15, 0.2) is 23.7 Å². The second kappa shape index (κ2) is 11.3. The standard InChI is InChI=1S/C29H38FN5O5S/c1-16-23(41-15-33-16)17-5-6-18(22(9-17)40-20-12-31-13-20)11-32-25(37)21-10-19(36)14-35(21)26(38)24(28(2,3)4)34-27(39)29(30)7-8-29/h5-6,9,15,19-21,24,31,36H,7-8,10-14H2,1-4H3,(H,32,37)(H,34,39)/t19-,21+,24-/m1/s1. The molecule has 1 aromatic carbocycles. The minimum Gasteiger partial charge on any atom is -0.487 e. The number of nitrogens with zero attached hydrogens (tertiary/aromatic N) is 2. The number of aliphatic hydroxyl groups excluding tert-OH is 1. The molecule has 2 aromatic rings. The lowest BCUT2D eigenvalue weighted by molar-refractivity contribution is -0.145. The van der Waals surface area contributed by atoms with Gasteiger partial charge in [-0.2, -0.15) is 0 Å². The first-order chi connectivity index (χ1) is 19.4. The van der Waals surface area contributed by atoms with E-state index in [-0.39, 0.29) is 38.5 Å². The van der Waals surface area contributed by atoms with E-state index in [0.717, 1.165) is 34.8 Å². The highest BCUT2D eigenvalue weighted by molar-refractivity contribution is 7.13. The number of ether oxygens (including phenoxy) is 1. The Bertz CT molecular complexity index is 1320. The lowest BCUT2D eigenvalue weighted by Crippen LogP contribution is -2.59. The number of aryl methyl sites for hydroxylation is 1. The number of alkyl halides is 1. The molecule has 0 unspecified atom stereocenters. The molecule has 3 heterocycles. The van der Waals surface area contributed by atoms with Crippen LogP contribution in [0.1, 0.15) is 51.3 Å². The van der Waals surface area contributed by atoms with Gasteiger partial charge in [-0.05, 0) is 36.8 Å². The van der Waals surface area contributed by atoms with Crippen molar-refractivity contribution in [3.8, 4) is 16.2 Å². The number of benzene rings is 1. The van der Waals surface area contributed by atoms with Crippen LogP contribution in [0, 0.1) is 12.3 Å². The number of hydrogen-bond acceptors (Lipinski definition) is 8. The third kappa shape index (κ3) is 6.39. The molecule has 1 saturated carbocycles. The van der Waals surface area contributed by atoms with Gasteiger partial charge in [0, 0.05) is 38.2 Å². The molecule has 0 radical (unpaired) electrons. The number of carbonyl (C=O) groups is 3. The molecular weight excluding hydrogens is 549 g/mol. The van der Waals surface area contributed by atoms with Crippen molar-refractivity contribution < 1.29 is 28.6 Å². The summed E-state index contributed by atoms with van der Waals surface area (Å²) < 4.78 is 20.6. The Hall–Kier alpha value is -3.09. The molecule has 3 amide bonds. The van der Waals surface area contributed by atoms with Crippen molar-refractivity contribution in [3.05, 3.63) is 35.0 Å². The average molecular weight is 588 g/mol. The van der Waals surface area contributed by atoms with Gasteiger partial charge in [-0.3, -0.25) is 14.4 Å². The van der Waals surface area contributed by atoms with E-state index in [0.29, 0.717) is 5.75 Å². The molecule has 10 nitrogen and oxygen atoms in total. The maximum absolute atomic E-state index is 14.4. The van der Waals surface area contributed by atoms with Crippen LogP contribution in [0.2, 0.25) is 0 Å². The minimum atomic E-state index is -1.94. The van der Waals surface area contributed by atoms with Gasteiger partial charge in [-0.15, -0.1) is 11.3 Å². The fourth-order valence-electron chi connectivity index (χ4n) is 5.07. The third-order valence-electron chi connectivity index (χ3n) is 7.91. The monoisotopic (exact) mass is 587 g/mol. The third-order valence-corrected chi connectivity index (χ3v) is 8.89. The van der Waals surface area contributed by atoms with Gasteiger partial charge in [0.1, 0.15) is 23.9 Å². The van der Waals surface area contributed by atoms with Gasteiger partial charge >= 0.3 is 0 Å². The number of rotatable bonds is 9. The fraction of sp³-hybridized carbons (Fsp3) is 0.586. The number of carbonyl (C=O) groups excluding carboxylic acids is 3. The smallest absolute Gasteiger partial charge is 0.258 e. The fourth-order valence-corrected chi connectivity index (χ4v) is 5.88. The molecule has 12 heteroatoms. The Morgan fingerprint density at radius 2 is 2.02 bits per heavy atom. The average Bonchev–Trinajstić information content (AvgIpc) is 3.30. The first-order valence-electron chi connectivity index (χ1n) is 14.0. The van der Waals surface area contributed by atoms with E-state index in [1.807, 2.05) is 25.1 Å². The summed E-state index contributed by atoms with van der Waals surface area (Å²) >= 11 is 1.55. The van der Waals surface area contributed by atoms with E-state index in [9.17, 15) is 23.9 Å². The summed E-state index contributed by atoms with van der Waals surface area (Å²) in [6, 6.07) is 3.86. The molecule has 4 N–H and O–H groups in total. The molecule has 3 aliphatic rings. The highest BCUT2D eigenvalue weighted by Gasteiger charge is 2.53. The molecule has 2 saturated heterocycles. The van der Waals surface area contributed by atoms with Gasteiger partial charge in [0.15, 0.2) is 5.67 Å². The minimum absolute atomic E-state index is 0.0315. The van der Waals surface area contributed by atoms with E-state index in [1.54, 1.807) is 37.6 Å². The molecule has 1 aromatic heterocycles. The molecule has 5 rings (SSSR count). The predicted octanol–water partition coefficient (Wildman–Crippen LogP) is 2.08. The lowest BCUT2D eigenvalue weighted by atomic mass is 9.85. The van der Waals surface area contributed by atoms with Crippen LogP contribution in [0.4, 0.5) is 4.39 Å². The van der Waals surface area contributed by atoms with E-state index in [4.69, 9.17) is 4.74 Å². The van der Waals surface area contributed by atoms with Gasteiger partial charge < -0.3 is 30.7 Å². The van der Waals surface area contributed by atoms with E-state index in [2.05, 4.69) is 20.9 Å². The highest BCUT2D eigenvalue weighted by Crippen LogP contribution is 2.40. The number of aliphatic hydroxyl groups is 1. The van der Waals surface area contributed by atoms with Gasteiger partial charge in [0.05, 0.1) is 22.2 Å². The van der Waals surface area contributed by atoms with Gasteiger partial charge in [-0.25, -0.2) is 9.37 Å². The number of thiazole rings is 1. The molecule has 1 aliphatic carbocycles. The summed E-state index contributed by atoms with van der Waals surface area (Å²) in [5, 5.41) is 19.1. The van der Waals surface area contributed by atoms with Crippen LogP contribution in [-0.2, 0) is 20.9 Å². The first kappa shape index (κ1) is 29.4. The van der Waals surface area contributed by atoms with Gasteiger partial charge in [-0.1, -0.05) is 32.9 Å². The Labute approximate surface area is 243 Å². The summed E-state index contributed by atoms with van der Waals surface area (Å²) in [5.41, 5.74) is 1.82. The number of β-amino-alcohol motifs (C(OH)–C–C–N with tert-alkyl or cyclic N) is 1. The number of nitrogens with one attached hydrogen (secondary N) is 3. The number of halogens is 1. The van der Waals surface area contributed by atoms with E-state index < -0.39 is 47.0 Å². The number of likely N-dealkylation sites (tertiary alicyclic amines) is 1. The van der Waals surface area contributed by atoms with Crippen molar-refractivity contribution in [1.82, 2.24) is 25.8 Å². The zero-order valence-corrected chi connectivity index (χ0v) is 24.6. The van der Waals surface area contributed by atoms with Crippen LogP contribution in [-0.4, -0.2) is 82.3 Å². The summed E-state index contributed by atoms with van der Waals surface area (Å²) in [7, 11) is 0. The van der Waals surface area contributed by atoms with Crippen molar-refractivity contribution >= 4 is 29.1 Å². The topological polar surface area (TPSA) is 133 Å². The zero-order valence-electron chi connectivity index (χ0n) is 23.8. The number of hydrogen-bond donors (Lipinski definition) is 4. The highest BCUT2D eigenvalue weighted by atomic mass is 32.1. The quantitative estimate of drug-likeness (QED) is 0.353. The summed E-state index contributed by atoms with van der Waals surface area (Å²) in [4.78, 5) is 46.3. The van der Waals surface area contributed by atoms with Crippen LogP contribution >= 0.6 is 11.3 Å². The van der Waals surface area contributed by atoms with Crippen LogP contribution in [0.25, 0.3) is 10.4 Å². The Morgan fingerprint density at radius 3 is 2.61 bits per heavy atom. The SMILES string of the molecule is Cc1ncsc1-c1ccc(CNC(=O)[C@@H]2C[C@@H](O)CN2C(=O)[C@@H](NC(=O)C2(F)CC2)C(C)(C)C)c(OC2CNC2)c1. The largest absolute Gasteiger partial charge is 0.487 e. The van der Waals surface area contributed by atoms with Crippen molar-refractivity contribution in [3.63, 3.8) is 0 Å². The van der Waals surface area contributed by atoms with E-state index >= 15 is 0 Å². The molecule has 41 heavy (non-hydrogen) atoms. The van der Waals surface area contributed by atoms with Crippen molar-refractivity contribution in [2.45, 2.75) is 83.5 Å². The molecular formula is C29H38FN5O5S. The van der Waals surface area contributed by atoms with Gasteiger partial charge in [0.25, 0.3) is 5.91 Å².